The van der Waals surface area contributed by atoms with Crippen molar-refractivity contribution in [3.8, 4) is 28.4 Å². The van der Waals surface area contributed by atoms with Crippen LogP contribution in [0.15, 0.2) is 79.0 Å². The van der Waals surface area contributed by atoms with Gasteiger partial charge in [0.2, 0.25) is 0 Å². The summed E-state index contributed by atoms with van der Waals surface area (Å²) < 4.78 is 13.3. The fourth-order valence-corrected chi connectivity index (χ4v) is 4.09. The molecule has 2 aliphatic rings. The molecule has 32 heavy (non-hydrogen) atoms. The van der Waals surface area contributed by atoms with Crippen LogP contribution in [0.2, 0.25) is 0 Å². The molecule has 1 atom stereocenters. The van der Waals surface area contributed by atoms with Crippen molar-refractivity contribution < 1.29 is 14.3 Å². The smallest absolute Gasteiger partial charge is 0.255 e. The summed E-state index contributed by atoms with van der Waals surface area (Å²) in [6.45, 7) is 1.05. The lowest BCUT2D eigenvalue weighted by atomic mass is 10.0. The molecule has 0 saturated carbocycles. The molecule has 3 heterocycles. The quantitative estimate of drug-likeness (QED) is 0.516. The molecule has 7 nitrogen and oxygen atoms in total. The third kappa shape index (κ3) is 3.15. The van der Waals surface area contributed by atoms with Gasteiger partial charge in [0.25, 0.3) is 5.91 Å². The van der Waals surface area contributed by atoms with Crippen LogP contribution in [0, 0.1) is 0 Å². The summed E-state index contributed by atoms with van der Waals surface area (Å²) in [6, 6.07) is 23.2. The molecule has 1 amide bonds. The lowest BCUT2D eigenvalue weighted by molar-refractivity contribution is 0.0936. The molecular weight excluding hydrogens is 404 g/mol. The molecular formula is C25H20N4O3. The Hall–Kier alpha value is -4.26. The SMILES string of the molecule is O=C1N[C@H](c2cn(-c3ccccc3)nc2-c2ccc3c(c2)OCCO3)Nc2ccccc21. The van der Waals surface area contributed by atoms with Crippen LogP contribution in [-0.2, 0) is 0 Å². The average molecular weight is 424 g/mol. The molecule has 0 unspecified atom stereocenters. The zero-order valence-electron chi connectivity index (χ0n) is 17.1. The average Bonchev–Trinajstić information content (AvgIpc) is 3.30. The number of carbonyl (C=O) groups excluding carboxylic acids is 1. The van der Waals surface area contributed by atoms with Gasteiger partial charge in [-0.3, -0.25) is 4.79 Å². The molecule has 0 bridgehead atoms. The molecule has 0 radical (unpaired) electrons. The summed E-state index contributed by atoms with van der Waals surface area (Å²) in [4.78, 5) is 12.8. The van der Waals surface area contributed by atoms with Gasteiger partial charge in [0.1, 0.15) is 25.1 Å². The molecule has 1 aromatic heterocycles. The minimum absolute atomic E-state index is 0.120. The van der Waals surface area contributed by atoms with Crippen LogP contribution in [0.4, 0.5) is 5.69 Å². The number of rotatable bonds is 3. The molecule has 158 valence electrons. The number of para-hydroxylation sites is 2. The minimum atomic E-state index is -0.432. The Balaban J connectivity index is 1.47. The van der Waals surface area contributed by atoms with Crippen molar-refractivity contribution in [3.63, 3.8) is 0 Å². The number of ether oxygens (including phenoxy) is 2. The van der Waals surface area contributed by atoms with Gasteiger partial charge in [-0.25, -0.2) is 4.68 Å². The van der Waals surface area contributed by atoms with Gasteiger partial charge in [-0.1, -0.05) is 30.3 Å². The number of anilines is 1. The highest BCUT2D eigenvalue weighted by Crippen LogP contribution is 2.37. The fraction of sp³-hybridized carbons (Fsp3) is 0.120. The summed E-state index contributed by atoms with van der Waals surface area (Å²) >= 11 is 0. The van der Waals surface area contributed by atoms with E-state index in [0.29, 0.717) is 24.5 Å². The maximum absolute atomic E-state index is 12.8. The van der Waals surface area contributed by atoms with E-state index in [-0.39, 0.29) is 5.91 Å². The second-order valence-electron chi connectivity index (χ2n) is 7.67. The van der Waals surface area contributed by atoms with Gasteiger partial charge >= 0.3 is 0 Å². The molecule has 3 aromatic carbocycles. The van der Waals surface area contributed by atoms with E-state index in [4.69, 9.17) is 14.6 Å². The number of hydrogen-bond acceptors (Lipinski definition) is 5. The number of carbonyl (C=O) groups is 1. The number of amides is 1. The van der Waals surface area contributed by atoms with Crippen LogP contribution in [0.1, 0.15) is 22.1 Å². The Bertz CT molecular complexity index is 1320. The minimum Gasteiger partial charge on any atom is -0.486 e. The first-order chi connectivity index (χ1) is 15.8. The molecule has 4 aromatic rings. The molecule has 0 spiro atoms. The van der Waals surface area contributed by atoms with Crippen molar-refractivity contribution in [3.05, 3.63) is 90.1 Å². The molecule has 2 aliphatic heterocycles. The maximum atomic E-state index is 12.8. The zero-order valence-corrected chi connectivity index (χ0v) is 17.1. The third-order valence-corrected chi connectivity index (χ3v) is 5.64. The number of aromatic nitrogens is 2. The van der Waals surface area contributed by atoms with E-state index in [2.05, 4.69) is 10.6 Å². The lowest BCUT2D eigenvalue weighted by Gasteiger charge is -2.28. The second-order valence-corrected chi connectivity index (χ2v) is 7.67. The van der Waals surface area contributed by atoms with Crippen LogP contribution in [0.3, 0.4) is 0 Å². The second kappa shape index (κ2) is 7.46. The number of hydrogen-bond donors (Lipinski definition) is 2. The van der Waals surface area contributed by atoms with Crippen molar-refractivity contribution in [2.24, 2.45) is 0 Å². The summed E-state index contributed by atoms with van der Waals surface area (Å²) in [7, 11) is 0. The van der Waals surface area contributed by atoms with Gasteiger partial charge in [-0.2, -0.15) is 5.10 Å². The maximum Gasteiger partial charge on any atom is 0.255 e. The molecule has 2 N–H and O–H groups in total. The third-order valence-electron chi connectivity index (χ3n) is 5.64. The molecule has 0 aliphatic carbocycles. The zero-order chi connectivity index (χ0) is 21.5. The van der Waals surface area contributed by atoms with E-state index in [1.165, 1.54) is 0 Å². The van der Waals surface area contributed by atoms with E-state index in [0.717, 1.165) is 33.9 Å². The van der Waals surface area contributed by atoms with E-state index in [1.807, 2.05) is 83.7 Å². The fourth-order valence-electron chi connectivity index (χ4n) is 4.09. The van der Waals surface area contributed by atoms with Crippen molar-refractivity contribution in [1.82, 2.24) is 15.1 Å². The Morgan fingerprint density at radius 2 is 1.66 bits per heavy atom. The van der Waals surface area contributed by atoms with E-state index in [9.17, 15) is 4.79 Å². The largest absolute Gasteiger partial charge is 0.486 e. The van der Waals surface area contributed by atoms with Crippen LogP contribution in [0.5, 0.6) is 11.5 Å². The Morgan fingerprint density at radius 1 is 0.875 bits per heavy atom. The normalized spacial score (nSPS) is 16.6. The Kier molecular flexibility index (Phi) is 4.31. The van der Waals surface area contributed by atoms with Crippen LogP contribution in [-0.4, -0.2) is 28.9 Å². The topological polar surface area (TPSA) is 77.4 Å². The van der Waals surface area contributed by atoms with Gasteiger partial charge in [0, 0.05) is 23.0 Å². The number of benzene rings is 3. The Labute approximate surface area is 184 Å². The van der Waals surface area contributed by atoms with Crippen molar-refractivity contribution >= 4 is 11.6 Å². The van der Waals surface area contributed by atoms with Gasteiger partial charge < -0.3 is 20.1 Å². The van der Waals surface area contributed by atoms with Gasteiger partial charge in [0.05, 0.1) is 11.3 Å². The number of fused-ring (bicyclic) bond motifs is 2. The highest BCUT2D eigenvalue weighted by molar-refractivity contribution is 6.01. The first kappa shape index (κ1) is 18.5. The standard InChI is InChI=1S/C25H20N4O3/c30-25-18-8-4-5-9-20(18)26-24(27-25)19-15-29(17-6-2-1-3-7-17)28-23(19)16-10-11-21-22(14-16)32-13-12-31-21/h1-11,14-15,24,26H,12-13H2,(H,27,30)/t24-/m1/s1. The van der Waals surface area contributed by atoms with Crippen molar-refractivity contribution in [2.75, 3.05) is 18.5 Å². The summed E-state index contributed by atoms with van der Waals surface area (Å²) in [6.07, 6.45) is 1.52. The van der Waals surface area contributed by atoms with Crippen LogP contribution in [0.25, 0.3) is 16.9 Å². The summed E-state index contributed by atoms with van der Waals surface area (Å²) in [5.41, 5.74) is 4.84. The highest BCUT2D eigenvalue weighted by atomic mass is 16.6. The van der Waals surface area contributed by atoms with E-state index >= 15 is 0 Å². The van der Waals surface area contributed by atoms with Crippen LogP contribution < -0.4 is 20.1 Å². The van der Waals surface area contributed by atoms with E-state index in [1.54, 1.807) is 0 Å². The summed E-state index contributed by atoms with van der Waals surface area (Å²) in [5, 5.41) is 11.4. The van der Waals surface area contributed by atoms with Gasteiger partial charge in [-0.05, 0) is 42.5 Å². The van der Waals surface area contributed by atoms with Crippen molar-refractivity contribution in [2.45, 2.75) is 6.17 Å². The predicted molar refractivity (Wildman–Crippen MR) is 120 cm³/mol. The Morgan fingerprint density at radius 3 is 2.53 bits per heavy atom. The number of nitrogens with zero attached hydrogens (tertiary/aromatic N) is 2. The molecule has 7 heteroatoms. The highest BCUT2D eigenvalue weighted by Gasteiger charge is 2.29. The lowest BCUT2D eigenvalue weighted by Crippen LogP contribution is -2.38. The first-order valence-corrected chi connectivity index (χ1v) is 10.5. The predicted octanol–water partition coefficient (Wildman–Crippen LogP) is 4.16. The van der Waals surface area contributed by atoms with Gasteiger partial charge in [0.15, 0.2) is 11.5 Å². The van der Waals surface area contributed by atoms with Crippen molar-refractivity contribution in [1.29, 1.82) is 0 Å². The first-order valence-electron chi connectivity index (χ1n) is 10.5. The van der Waals surface area contributed by atoms with Gasteiger partial charge in [-0.15, -0.1) is 0 Å². The summed E-state index contributed by atoms with van der Waals surface area (Å²) in [5.74, 6) is 1.30. The number of nitrogens with one attached hydrogen (secondary N) is 2. The molecule has 6 rings (SSSR count). The van der Waals surface area contributed by atoms with E-state index < -0.39 is 6.17 Å². The molecule has 0 saturated heterocycles. The monoisotopic (exact) mass is 424 g/mol. The van der Waals surface area contributed by atoms with Crippen LogP contribution >= 0.6 is 0 Å². The molecule has 0 fully saturated rings.